The number of halogens is 2. The largest absolute Gasteiger partial charge is 0.489 e. The van der Waals surface area contributed by atoms with E-state index >= 15 is 0 Å². The van der Waals surface area contributed by atoms with Crippen LogP contribution in [0.3, 0.4) is 0 Å². The first-order chi connectivity index (χ1) is 18.1. The lowest BCUT2D eigenvalue weighted by molar-refractivity contribution is 0.109. The topological polar surface area (TPSA) is 59.5 Å². The van der Waals surface area contributed by atoms with Gasteiger partial charge in [-0.05, 0) is 60.9 Å². The fraction of sp³-hybridized carbons (Fsp3) is 0.241. The Hall–Kier alpha value is -3.86. The van der Waals surface area contributed by atoms with Crippen molar-refractivity contribution in [2.24, 2.45) is 0 Å². The molecule has 4 aromatic rings. The van der Waals surface area contributed by atoms with Crippen LogP contribution in [-0.4, -0.2) is 40.6 Å². The van der Waals surface area contributed by atoms with E-state index in [1.54, 1.807) is 24.3 Å². The molecule has 5 rings (SSSR count). The lowest BCUT2D eigenvalue weighted by Gasteiger charge is -2.31. The number of ether oxygens (including phenoxy) is 2. The van der Waals surface area contributed by atoms with Gasteiger partial charge in [-0.15, -0.1) is 6.42 Å². The molecule has 0 saturated carbocycles. The molecular formula is C29H26ClFN4O2. The number of likely N-dealkylation sites (tertiary alicyclic amines) is 1. The molecule has 1 fully saturated rings. The van der Waals surface area contributed by atoms with Crippen molar-refractivity contribution in [3.63, 3.8) is 0 Å². The summed E-state index contributed by atoms with van der Waals surface area (Å²) in [7, 11) is 0. The van der Waals surface area contributed by atoms with Gasteiger partial charge >= 0.3 is 0 Å². The maximum Gasteiger partial charge on any atom is 0.145 e. The lowest BCUT2D eigenvalue weighted by atomic mass is 10.1. The predicted molar refractivity (Wildman–Crippen MR) is 144 cm³/mol. The van der Waals surface area contributed by atoms with Crippen LogP contribution < -0.4 is 14.8 Å². The van der Waals surface area contributed by atoms with Gasteiger partial charge in [0.25, 0.3) is 0 Å². The maximum atomic E-state index is 13.4. The highest BCUT2D eigenvalue weighted by Crippen LogP contribution is 2.35. The summed E-state index contributed by atoms with van der Waals surface area (Å²) in [6.07, 6.45) is 8.87. The molecule has 0 bridgehead atoms. The highest BCUT2D eigenvalue weighted by molar-refractivity contribution is 6.32. The van der Waals surface area contributed by atoms with E-state index in [1.807, 2.05) is 24.3 Å². The minimum absolute atomic E-state index is 0.0941. The number of rotatable bonds is 8. The van der Waals surface area contributed by atoms with Crippen LogP contribution in [0.5, 0.6) is 11.5 Å². The van der Waals surface area contributed by atoms with Crippen LogP contribution in [0, 0.1) is 18.2 Å². The Bertz CT molecular complexity index is 1430. The molecule has 1 aliphatic rings. The van der Waals surface area contributed by atoms with E-state index in [2.05, 4.69) is 26.1 Å². The first kappa shape index (κ1) is 24.8. The number of aromatic nitrogens is 2. The summed E-state index contributed by atoms with van der Waals surface area (Å²) in [5.74, 6) is 4.26. The van der Waals surface area contributed by atoms with Gasteiger partial charge in [-0.25, -0.2) is 14.4 Å². The summed E-state index contributed by atoms with van der Waals surface area (Å²) in [6.45, 7) is 2.70. The summed E-state index contributed by atoms with van der Waals surface area (Å²) in [4.78, 5) is 11.2. The van der Waals surface area contributed by atoms with E-state index in [4.69, 9.17) is 27.5 Å². The molecule has 0 aliphatic carbocycles. The average Bonchev–Trinajstić information content (AvgIpc) is 2.90. The third-order valence-corrected chi connectivity index (χ3v) is 6.54. The molecule has 6 nitrogen and oxygen atoms in total. The Balaban J connectivity index is 1.32. The number of benzene rings is 3. The molecule has 3 aromatic carbocycles. The number of piperidine rings is 1. The molecule has 2 heterocycles. The summed E-state index contributed by atoms with van der Waals surface area (Å²) in [5, 5.41) is 4.58. The van der Waals surface area contributed by atoms with E-state index in [1.165, 1.54) is 18.5 Å². The molecule has 0 atom stereocenters. The summed E-state index contributed by atoms with van der Waals surface area (Å²) in [5.41, 5.74) is 2.24. The molecule has 1 aliphatic heterocycles. The zero-order valence-electron chi connectivity index (χ0n) is 20.2. The highest BCUT2D eigenvalue weighted by Gasteiger charge is 2.21. The zero-order valence-corrected chi connectivity index (χ0v) is 20.9. The van der Waals surface area contributed by atoms with E-state index in [0.717, 1.165) is 53.8 Å². The van der Waals surface area contributed by atoms with Crippen molar-refractivity contribution in [1.82, 2.24) is 14.9 Å². The average molecular weight is 517 g/mol. The van der Waals surface area contributed by atoms with Crippen LogP contribution in [0.25, 0.3) is 10.9 Å². The second kappa shape index (κ2) is 11.5. The molecule has 1 N–H and O–H groups in total. The van der Waals surface area contributed by atoms with Crippen molar-refractivity contribution < 1.29 is 13.9 Å². The van der Waals surface area contributed by atoms with Crippen LogP contribution in [0.2, 0.25) is 5.02 Å². The summed E-state index contributed by atoms with van der Waals surface area (Å²) < 4.78 is 25.7. The molecule has 0 amide bonds. The van der Waals surface area contributed by atoms with E-state index in [-0.39, 0.29) is 18.5 Å². The van der Waals surface area contributed by atoms with Gasteiger partial charge in [-0.2, -0.15) is 0 Å². The Kier molecular flexibility index (Phi) is 7.69. The van der Waals surface area contributed by atoms with Gasteiger partial charge in [0.05, 0.1) is 22.5 Å². The molecule has 0 radical (unpaired) electrons. The van der Waals surface area contributed by atoms with Gasteiger partial charge in [0, 0.05) is 18.8 Å². The second-order valence-electron chi connectivity index (χ2n) is 8.86. The van der Waals surface area contributed by atoms with E-state index in [0.29, 0.717) is 23.1 Å². The van der Waals surface area contributed by atoms with Crippen LogP contribution in [0.15, 0.2) is 67.0 Å². The van der Waals surface area contributed by atoms with Gasteiger partial charge in [-0.3, -0.25) is 4.90 Å². The third kappa shape index (κ3) is 6.11. The quantitative estimate of drug-likeness (QED) is 0.280. The van der Waals surface area contributed by atoms with Gasteiger partial charge < -0.3 is 14.8 Å². The number of fused-ring (bicyclic) bond motifs is 1. The number of nitrogens with zero attached hydrogens (tertiary/aromatic N) is 3. The van der Waals surface area contributed by atoms with Gasteiger partial charge in [0.1, 0.15) is 42.2 Å². The molecule has 8 heteroatoms. The molecule has 1 aromatic heterocycles. The standard InChI is InChI=1S/C29H26ClFN4O2/c1-2-13-35-14-11-23(12-15-35)37-27-8-4-7-25-28(27)29(33-19-32-25)34-22-9-10-26(24(30)17-22)36-18-20-5-3-6-21(31)16-20/h1,3-10,16-17,19,23H,11-15,18H2,(H,32,33,34). The van der Waals surface area contributed by atoms with Crippen molar-refractivity contribution in [2.75, 3.05) is 25.0 Å². The van der Waals surface area contributed by atoms with Crippen molar-refractivity contribution >= 4 is 34.0 Å². The summed E-state index contributed by atoms with van der Waals surface area (Å²) in [6, 6.07) is 17.5. The fourth-order valence-corrected chi connectivity index (χ4v) is 4.62. The molecular weight excluding hydrogens is 491 g/mol. The van der Waals surface area contributed by atoms with Crippen molar-refractivity contribution in [3.05, 3.63) is 83.4 Å². The maximum absolute atomic E-state index is 13.4. The van der Waals surface area contributed by atoms with Crippen molar-refractivity contribution in [2.45, 2.75) is 25.6 Å². The first-order valence-electron chi connectivity index (χ1n) is 12.1. The van der Waals surface area contributed by atoms with Crippen LogP contribution in [-0.2, 0) is 6.61 Å². The van der Waals surface area contributed by atoms with Crippen LogP contribution in [0.1, 0.15) is 18.4 Å². The Morgan fingerprint density at radius 2 is 1.89 bits per heavy atom. The minimum Gasteiger partial charge on any atom is -0.489 e. The number of hydrogen-bond acceptors (Lipinski definition) is 6. The SMILES string of the molecule is C#CCN1CCC(Oc2cccc3ncnc(Nc4ccc(OCc5cccc(F)c5)c(Cl)c4)c23)CC1. The molecule has 188 valence electrons. The van der Waals surface area contributed by atoms with Crippen LogP contribution >= 0.6 is 11.6 Å². The van der Waals surface area contributed by atoms with Gasteiger partial charge in [0.2, 0.25) is 0 Å². The number of anilines is 2. The van der Waals surface area contributed by atoms with Crippen molar-refractivity contribution in [3.8, 4) is 23.8 Å². The lowest BCUT2D eigenvalue weighted by Crippen LogP contribution is -2.38. The molecule has 0 spiro atoms. The second-order valence-corrected chi connectivity index (χ2v) is 9.27. The fourth-order valence-electron chi connectivity index (χ4n) is 4.39. The van der Waals surface area contributed by atoms with E-state index in [9.17, 15) is 4.39 Å². The van der Waals surface area contributed by atoms with Gasteiger partial charge in [-0.1, -0.05) is 35.7 Å². The molecule has 1 saturated heterocycles. The highest BCUT2D eigenvalue weighted by atomic mass is 35.5. The Morgan fingerprint density at radius 1 is 1.05 bits per heavy atom. The number of nitrogens with one attached hydrogen (secondary N) is 1. The Labute approximate surface area is 220 Å². The summed E-state index contributed by atoms with van der Waals surface area (Å²) >= 11 is 6.49. The Morgan fingerprint density at radius 3 is 2.68 bits per heavy atom. The monoisotopic (exact) mass is 516 g/mol. The number of hydrogen-bond donors (Lipinski definition) is 1. The smallest absolute Gasteiger partial charge is 0.145 e. The normalized spacial score (nSPS) is 14.3. The third-order valence-electron chi connectivity index (χ3n) is 6.25. The minimum atomic E-state index is -0.304. The molecule has 0 unspecified atom stereocenters. The van der Waals surface area contributed by atoms with Crippen LogP contribution in [0.4, 0.5) is 15.9 Å². The zero-order chi connectivity index (χ0) is 25.6. The molecule has 37 heavy (non-hydrogen) atoms. The number of terminal acetylenes is 1. The van der Waals surface area contributed by atoms with Crippen molar-refractivity contribution in [1.29, 1.82) is 0 Å². The first-order valence-corrected chi connectivity index (χ1v) is 12.5. The van der Waals surface area contributed by atoms with Gasteiger partial charge in [0.15, 0.2) is 0 Å². The van der Waals surface area contributed by atoms with E-state index < -0.39 is 0 Å². The predicted octanol–water partition coefficient (Wildman–Crippen LogP) is 6.22.